The van der Waals surface area contributed by atoms with Gasteiger partial charge in [-0.15, -0.1) is 0 Å². The van der Waals surface area contributed by atoms with Crippen LogP contribution in [0.2, 0.25) is 0 Å². The van der Waals surface area contributed by atoms with Crippen molar-refractivity contribution >= 4 is 39.5 Å². The highest BCUT2D eigenvalue weighted by molar-refractivity contribution is 9.10. The third kappa shape index (κ3) is 5.33. The van der Waals surface area contributed by atoms with Crippen LogP contribution in [0.4, 0.5) is 0 Å². The van der Waals surface area contributed by atoms with Crippen LogP contribution < -0.4 is 5.32 Å². The monoisotopic (exact) mass is 359 g/mol. The first-order chi connectivity index (χ1) is 9.29. The second-order valence-corrected chi connectivity index (χ2v) is 8.29. The Morgan fingerprint density at radius 3 is 2.74 bits per heavy atom. The van der Waals surface area contributed by atoms with Gasteiger partial charge in [-0.05, 0) is 37.1 Å². The molecule has 1 saturated heterocycles. The molecule has 1 fully saturated rings. The molecular weight excluding hydrogens is 338 g/mol. The molecule has 1 aromatic rings. The van der Waals surface area contributed by atoms with Gasteiger partial charge >= 0.3 is 0 Å². The average molecular weight is 360 g/mol. The summed E-state index contributed by atoms with van der Waals surface area (Å²) in [4.78, 5) is 0. The minimum absolute atomic E-state index is 0.610. The lowest BCUT2D eigenvalue weighted by Crippen LogP contribution is -2.43. The van der Waals surface area contributed by atoms with Gasteiger partial charge in [-0.25, -0.2) is 0 Å². The van der Waals surface area contributed by atoms with Crippen molar-refractivity contribution in [1.29, 1.82) is 0 Å². The molecule has 1 aliphatic rings. The normalized spacial score (nSPS) is 21.3. The van der Waals surface area contributed by atoms with Crippen LogP contribution in [-0.4, -0.2) is 35.1 Å². The molecule has 106 valence electrons. The Labute approximate surface area is 133 Å². The molecule has 19 heavy (non-hydrogen) atoms. The highest BCUT2D eigenvalue weighted by atomic mass is 79.9. The third-order valence-corrected chi connectivity index (χ3v) is 6.76. The van der Waals surface area contributed by atoms with Gasteiger partial charge in [0.15, 0.2) is 0 Å². The molecule has 2 rings (SSSR count). The molecule has 0 amide bonds. The molecule has 1 aliphatic heterocycles. The van der Waals surface area contributed by atoms with E-state index in [1.807, 2.05) is 0 Å². The lowest BCUT2D eigenvalue weighted by Gasteiger charge is -2.30. The first kappa shape index (κ1) is 15.7. The molecule has 1 aromatic carbocycles. The van der Waals surface area contributed by atoms with E-state index in [4.69, 9.17) is 0 Å². The van der Waals surface area contributed by atoms with Crippen LogP contribution in [-0.2, 0) is 6.42 Å². The van der Waals surface area contributed by atoms with Crippen molar-refractivity contribution in [2.75, 3.05) is 23.8 Å². The number of hydrogen-bond acceptors (Lipinski definition) is 3. The molecule has 1 heterocycles. The summed E-state index contributed by atoms with van der Waals surface area (Å²) in [6.07, 6.45) is 2.35. The molecule has 2 unspecified atom stereocenters. The van der Waals surface area contributed by atoms with Crippen molar-refractivity contribution in [2.24, 2.45) is 0 Å². The zero-order valence-electron chi connectivity index (χ0n) is 11.4. The smallest absolute Gasteiger partial charge is 0.0295 e. The Kier molecular flexibility index (Phi) is 7.13. The zero-order chi connectivity index (χ0) is 13.5. The molecule has 4 heteroatoms. The van der Waals surface area contributed by atoms with E-state index in [-0.39, 0.29) is 0 Å². The van der Waals surface area contributed by atoms with Crippen LogP contribution >= 0.6 is 39.5 Å². The van der Waals surface area contributed by atoms with Crippen molar-refractivity contribution in [3.63, 3.8) is 0 Å². The third-order valence-electron chi connectivity index (χ3n) is 3.32. The standard InChI is InChI=1S/C15H22BrNS2/c1-2-7-17-14(15-11-18-8-9-19-15)10-12-3-5-13(16)6-4-12/h3-6,14-15,17H,2,7-11H2,1H3. The summed E-state index contributed by atoms with van der Waals surface area (Å²) < 4.78 is 1.16. The van der Waals surface area contributed by atoms with Gasteiger partial charge in [0.25, 0.3) is 0 Å². The Balaban J connectivity index is 1.97. The highest BCUT2D eigenvalue weighted by Crippen LogP contribution is 2.28. The predicted molar refractivity (Wildman–Crippen MR) is 93.5 cm³/mol. The molecule has 1 N–H and O–H groups in total. The summed E-state index contributed by atoms with van der Waals surface area (Å²) in [5, 5.41) is 4.51. The van der Waals surface area contributed by atoms with E-state index in [2.05, 4.69) is 76.0 Å². The van der Waals surface area contributed by atoms with E-state index in [0.29, 0.717) is 6.04 Å². The lowest BCUT2D eigenvalue weighted by molar-refractivity contribution is 0.506. The SMILES string of the molecule is CCCNC(Cc1ccc(Br)cc1)C1CSCCS1. The molecule has 0 bridgehead atoms. The van der Waals surface area contributed by atoms with Crippen molar-refractivity contribution < 1.29 is 0 Å². The number of nitrogens with one attached hydrogen (secondary N) is 1. The Morgan fingerprint density at radius 2 is 2.11 bits per heavy atom. The van der Waals surface area contributed by atoms with Gasteiger partial charge in [-0.1, -0.05) is 35.0 Å². The molecular formula is C15H22BrNS2. The Morgan fingerprint density at radius 1 is 1.32 bits per heavy atom. The quantitative estimate of drug-likeness (QED) is 0.816. The molecule has 0 spiro atoms. The number of thioether (sulfide) groups is 2. The van der Waals surface area contributed by atoms with Gasteiger partial charge in [-0.3, -0.25) is 0 Å². The summed E-state index contributed by atoms with van der Waals surface area (Å²) in [6.45, 7) is 3.37. The molecule has 1 nitrogen and oxygen atoms in total. The second-order valence-electron chi connectivity index (χ2n) is 4.88. The molecule has 0 radical (unpaired) electrons. The van der Waals surface area contributed by atoms with Gasteiger partial charge in [0.2, 0.25) is 0 Å². The highest BCUT2D eigenvalue weighted by Gasteiger charge is 2.24. The molecule has 0 aliphatic carbocycles. The maximum Gasteiger partial charge on any atom is 0.0295 e. The number of rotatable bonds is 6. The van der Waals surface area contributed by atoms with E-state index < -0.39 is 0 Å². The first-order valence-corrected chi connectivity index (χ1v) is 9.96. The summed E-state index contributed by atoms with van der Waals surface area (Å²) in [7, 11) is 0. The fourth-order valence-corrected chi connectivity index (χ4v) is 5.43. The summed E-state index contributed by atoms with van der Waals surface area (Å²) in [5.41, 5.74) is 1.44. The minimum atomic E-state index is 0.610. The summed E-state index contributed by atoms with van der Waals surface area (Å²) in [5.74, 6) is 3.92. The predicted octanol–water partition coefficient (Wildman–Crippen LogP) is 4.21. The Hall–Kier alpha value is 0.360. The van der Waals surface area contributed by atoms with Gasteiger partial charge in [0.1, 0.15) is 0 Å². The molecule has 0 saturated carbocycles. The van der Waals surface area contributed by atoms with Crippen LogP contribution in [0.3, 0.4) is 0 Å². The van der Waals surface area contributed by atoms with Crippen LogP contribution in [0.1, 0.15) is 18.9 Å². The van der Waals surface area contributed by atoms with E-state index in [0.717, 1.165) is 22.7 Å². The maximum atomic E-state index is 3.76. The van der Waals surface area contributed by atoms with Crippen molar-refractivity contribution in [3.8, 4) is 0 Å². The minimum Gasteiger partial charge on any atom is -0.313 e. The summed E-state index contributed by atoms with van der Waals surface area (Å²) in [6, 6.07) is 9.39. The van der Waals surface area contributed by atoms with Crippen LogP contribution in [0, 0.1) is 0 Å². The summed E-state index contributed by atoms with van der Waals surface area (Å²) >= 11 is 7.77. The largest absolute Gasteiger partial charge is 0.313 e. The van der Waals surface area contributed by atoms with Gasteiger partial charge in [0, 0.05) is 33.0 Å². The fourth-order valence-electron chi connectivity index (χ4n) is 2.28. The maximum absolute atomic E-state index is 3.76. The van der Waals surface area contributed by atoms with Gasteiger partial charge in [-0.2, -0.15) is 23.5 Å². The van der Waals surface area contributed by atoms with Crippen LogP contribution in [0.25, 0.3) is 0 Å². The average Bonchev–Trinajstić information content (AvgIpc) is 2.46. The second kappa shape index (κ2) is 8.60. The van der Waals surface area contributed by atoms with Crippen molar-refractivity contribution in [3.05, 3.63) is 34.3 Å². The van der Waals surface area contributed by atoms with Crippen LogP contribution in [0.5, 0.6) is 0 Å². The van der Waals surface area contributed by atoms with Gasteiger partial charge < -0.3 is 5.32 Å². The van der Waals surface area contributed by atoms with Crippen molar-refractivity contribution in [1.82, 2.24) is 5.32 Å². The number of halogens is 1. The fraction of sp³-hybridized carbons (Fsp3) is 0.600. The number of benzene rings is 1. The number of hydrogen-bond donors (Lipinski definition) is 1. The molecule has 0 aromatic heterocycles. The van der Waals surface area contributed by atoms with Crippen LogP contribution in [0.15, 0.2) is 28.7 Å². The first-order valence-electron chi connectivity index (χ1n) is 6.96. The molecule has 2 atom stereocenters. The van der Waals surface area contributed by atoms with E-state index in [1.165, 1.54) is 29.2 Å². The zero-order valence-corrected chi connectivity index (χ0v) is 14.6. The lowest BCUT2D eigenvalue weighted by atomic mass is 10.0. The Bertz CT molecular complexity index is 363. The van der Waals surface area contributed by atoms with Crippen molar-refractivity contribution in [2.45, 2.75) is 31.1 Å². The van der Waals surface area contributed by atoms with Gasteiger partial charge in [0.05, 0.1) is 0 Å². The van der Waals surface area contributed by atoms with E-state index in [1.54, 1.807) is 0 Å². The van der Waals surface area contributed by atoms with E-state index in [9.17, 15) is 0 Å². The topological polar surface area (TPSA) is 12.0 Å². The van der Waals surface area contributed by atoms with E-state index >= 15 is 0 Å².